The quantitative estimate of drug-likeness (QED) is 0.422. The van der Waals surface area contributed by atoms with Crippen LogP contribution in [0.1, 0.15) is 58.3 Å². The first kappa shape index (κ1) is 20.3. The van der Waals surface area contributed by atoms with Crippen LogP contribution in [0, 0.1) is 5.92 Å². The third-order valence-corrected chi connectivity index (χ3v) is 5.32. The number of alkyl halides is 3. The van der Waals surface area contributed by atoms with Crippen LogP contribution in [-0.4, -0.2) is 40.9 Å². The summed E-state index contributed by atoms with van der Waals surface area (Å²) >= 11 is 17.5. The van der Waals surface area contributed by atoms with Crippen LogP contribution in [0.25, 0.3) is 0 Å². The van der Waals surface area contributed by atoms with Crippen LogP contribution in [0.15, 0.2) is 0 Å². The fourth-order valence-corrected chi connectivity index (χ4v) is 2.90. The first-order valence-electron chi connectivity index (χ1n) is 8.33. The lowest BCUT2D eigenvalue weighted by Gasteiger charge is -2.26. The second kappa shape index (κ2) is 11.0. The van der Waals surface area contributed by atoms with E-state index >= 15 is 0 Å². The molecule has 6 heteroatoms. The number of carbonyl (C=O) groups is 1. The predicted molar refractivity (Wildman–Crippen MR) is 93.8 cm³/mol. The van der Waals surface area contributed by atoms with Crippen molar-refractivity contribution >= 4 is 40.7 Å². The third kappa shape index (κ3) is 8.81. The summed E-state index contributed by atoms with van der Waals surface area (Å²) in [7, 11) is 0. The number of unbranched alkanes of at least 4 members (excludes halogenated alkanes) is 5. The lowest BCUT2D eigenvalue weighted by Crippen LogP contribution is -2.40. The normalized spacial score (nSPS) is 17.5. The van der Waals surface area contributed by atoms with Crippen LogP contribution in [-0.2, 0) is 9.53 Å². The number of ether oxygens (including phenoxy) is 1. The predicted octanol–water partition coefficient (Wildman–Crippen LogP) is 4.97. The van der Waals surface area contributed by atoms with Gasteiger partial charge in [-0.2, -0.15) is 0 Å². The van der Waals surface area contributed by atoms with Crippen molar-refractivity contribution in [1.82, 2.24) is 4.90 Å². The van der Waals surface area contributed by atoms with Gasteiger partial charge in [-0.05, 0) is 12.8 Å². The number of halogens is 3. The molecule has 0 aromatic rings. The number of morpholine rings is 1. The number of hydrogen-bond donors (Lipinski definition) is 0. The van der Waals surface area contributed by atoms with E-state index in [1.54, 1.807) is 0 Å². The highest BCUT2D eigenvalue weighted by Gasteiger charge is 2.27. The molecule has 1 heterocycles. The summed E-state index contributed by atoms with van der Waals surface area (Å²) in [5, 5.41) is 0. The minimum absolute atomic E-state index is 0.101. The maximum atomic E-state index is 11.9. The molecule has 22 heavy (non-hydrogen) atoms. The van der Waals surface area contributed by atoms with Gasteiger partial charge < -0.3 is 9.64 Å². The van der Waals surface area contributed by atoms with Gasteiger partial charge in [-0.15, -0.1) is 0 Å². The highest BCUT2D eigenvalue weighted by molar-refractivity contribution is 6.67. The van der Waals surface area contributed by atoms with E-state index in [9.17, 15) is 4.79 Å². The minimum atomic E-state index is -1.14. The molecule has 130 valence electrons. The van der Waals surface area contributed by atoms with Crippen LogP contribution in [0.3, 0.4) is 0 Å². The standard InChI is InChI=1S/C16H28Cl3NO2/c1-14(16(17,18)19)8-6-4-2-3-5-7-9-15(21)20-10-12-22-13-11-20/h14H,2-13H2,1H3. The molecule has 1 amide bonds. The van der Waals surface area contributed by atoms with E-state index in [-0.39, 0.29) is 11.8 Å². The average Bonchev–Trinajstić information content (AvgIpc) is 2.49. The van der Waals surface area contributed by atoms with Crippen molar-refractivity contribution in [1.29, 1.82) is 0 Å². The Labute approximate surface area is 149 Å². The first-order chi connectivity index (χ1) is 10.4. The van der Waals surface area contributed by atoms with E-state index in [1.807, 2.05) is 11.8 Å². The molecule has 0 aliphatic carbocycles. The van der Waals surface area contributed by atoms with Crippen molar-refractivity contribution in [3.05, 3.63) is 0 Å². The van der Waals surface area contributed by atoms with Crippen molar-refractivity contribution in [3.8, 4) is 0 Å². The summed E-state index contributed by atoms with van der Waals surface area (Å²) < 4.78 is 4.11. The molecular formula is C16H28Cl3NO2. The molecule has 1 atom stereocenters. The Morgan fingerprint density at radius 1 is 1.05 bits per heavy atom. The van der Waals surface area contributed by atoms with E-state index in [1.165, 1.54) is 19.3 Å². The molecule has 1 aliphatic heterocycles. The second-order valence-corrected chi connectivity index (χ2v) is 8.46. The monoisotopic (exact) mass is 371 g/mol. The van der Waals surface area contributed by atoms with Crippen molar-refractivity contribution in [3.63, 3.8) is 0 Å². The highest BCUT2D eigenvalue weighted by atomic mass is 35.6. The Bertz CT molecular complexity index is 315. The minimum Gasteiger partial charge on any atom is -0.378 e. The van der Waals surface area contributed by atoms with Crippen LogP contribution >= 0.6 is 34.8 Å². The van der Waals surface area contributed by atoms with Gasteiger partial charge in [-0.1, -0.05) is 73.8 Å². The molecule has 1 saturated heterocycles. The number of rotatable bonds is 9. The van der Waals surface area contributed by atoms with Crippen molar-refractivity contribution in [2.24, 2.45) is 5.92 Å². The molecule has 1 rings (SSSR count). The molecule has 3 nitrogen and oxygen atoms in total. The van der Waals surface area contributed by atoms with Gasteiger partial charge in [0.2, 0.25) is 5.91 Å². The zero-order valence-electron chi connectivity index (χ0n) is 13.5. The Hall–Kier alpha value is 0.300. The maximum Gasteiger partial charge on any atom is 0.222 e. The molecule has 0 spiro atoms. The van der Waals surface area contributed by atoms with Gasteiger partial charge >= 0.3 is 0 Å². The first-order valence-corrected chi connectivity index (χ1v) is 9.47. The number of hydrogen-bond acceptors (Lipinski definition) is 2. The van der Waals surface area contributed by atoms with Crippen LogP contribution in [0.2, 0.25) is 0 Å². The molecule has 0 N–H and O–H groups in total. The van der Waals surface area contributed by atoms with Crippen LogP contribution in [0.5, 0.6) is 0 Å². The van der Waals surface area contributed by atoms with Crippen molar-refractivity contribution < 1.29 is 9.53 Å². The lowest BCUT2D eigenvalue weighted by atomic mass is 10.0. The van der Waals surface area contributed by atoms with E-state index in [4.69, 9.17) is 39.5 Å². The maximum absolute atomic E-state index is 11.9. The van der Waals surface area contributed by atoms with E-state index in [0.29, 0.717) is 19.6 Å². The van der Waals surface area contributed by atoms with Gasteiger partial charge in [-0.25, -0.2) is 0 Å². The van der Waals surface area contributed by atoms with Crippen molar-refractivity contribution in [2.75, 3.05) is 26.3 Å². The van der Waals surface area contributed by atoms with E-state index in [2.05, 4.69) is 0 Å². The van der Waals surface area contributed by atoms with Gasteiger partial charge in [0.05, 0.1) is 13.2 Å². The Kier molecular flexibility index (Phi) is 10.1. The summed E-state index contributed by atoms with van der Waals surface area (Å²) in [6, 6.07) is 0. The van der Waals surface area contributed by atoms with Gasteiger partial charge in [0, 0.05) is 25.4 Å². The lowest BCUT2D eigenvalue weighted by molar-refractivity contribution is -0.135. The van der Waals surface area contributed by atoms with Gasteiger partial charge in [0.15, 0.2) is 3.79 Å². The molecule has 0 aromatic carbocycles. The fraction of sp³-hybridized carbons (Fsp3) is 0.938. The summed E-state index contributed by atoms with van der Waals surface area (Å²) in [5.74, 6) is 0.378. The average molecular weight is 373 g/mol. The SMILES string of the molecule is CC(CCCCCCCCC(=O)N1CCOCC1)C(Cl)(Cl)Cl. The van der Waals surface area contributed by atoms with Crippen LogP contribution in [0.4, 0.5) is 0 Å². The Morgan fingerprint density at radius 3 is 2.18 bits per heavy atom. The summed E-state index contributed by atoms with van der Waals surface area (Å²) in [4.78, 5) is 13.9. The second-order valence-electron chi connectivity index (χ2n) is 6.10. The van der Waals surface area contributed by atoms with Crippen molar-refractivity contribution in [2.45, 2.75) is 62.1 Å². The van der Waals surface area contributed by atoms with Gasteiger partial charge in [0.25, 0.3) is 0 Å². The Balaban J connectivity index is 1.92. The summed E-state index contributed by atoms with van der Waals surface area (Å²) in [6.07, 6.45) is 8.37. The van der Waals surface area contributed by atoms with E-state index in [0.717, 1.165) is 38.8 Å². The zero-order chi connectivity index (χ0) is 16.4. The molecule has 1 aliphatic rings. The summed E-state index contributed by atoms with van der Waals surface area (Å²) in [5.41, 5.74) is 0. The molecule has 0 saturated carbocycles. The fourth-order valence-electron chi connectivity index (χ4n) is 2.57. The molecule has 1 unspecified atom stereocenters. The summed E-state index contributed by atoms with van der Waals surface area (Å²) in [6.45, 7) is 4.83. The highest BCUT2D eigenvalue weighted by Crippen LogP contribution is 2.37. The van der Waals surface area contributed by atoms with E-state index < -0.39 is 3.79 Å². The number of nitrogens with zero attached hydrogens (tertiary/aromatic N) is 1. The number of carbonyl (C=O) groups excluding carboxylic acids is 1. The molecule has 0 bridgehead atoms. The van der Waals surface area contributed by atoms with Gasteiger partial charge in [0.1, 0.15) is 0 Å². The number of amides is 1. The Morgan fingerprint density at radius 2 is 1.59 bits per heavy atom. The molecule has 0 aromatic heterocycles. The molecule has 0 radical (unpaired) electrons. The topological polar surface area (TPSA) is 29.5 Å². The smallest absolute Gasteiger partial charge is 0.222 e. The largest absolute Gasteiger partial charge is 0.378 e. The third-order valence-electron chi connectivity index (χ3n) is 4.20. The zero-order valence-corrected chi connectivity index (χ0v) is 15.7. The van der Waals surface area contributed by atoms with Gasteiger partial charge in [-0.3, -0.25) is 4.79 Å². The molecule has 1 fully saturated rings. The van der Waals surface area contributed by atoms with Crippen LogP contribution < -0.4 is 0 Å². The molecular weight excluding hydrogens is 345 g/mol.